The van der Waals surface area contributed by atoms with E-state index in [2.05, 4.69) is 0 Å². The van der Waals surface area contributed by atoms with Gasteiger partial charge in [0.25, 0.3) is 21.7 Å². The lowest BCUT2D eigenvalue weighted by molar-refractivity contribution is -0.384. The molecule has 4 aromatic rings. The molecule has 0 saturated carbocycles. The quantitative estimate of drug-likeness (QED) is 0.0409. The second-order valence-electron chi connectivity index (χ2n) is 11.0. The number of aryl methyl sites for hydroxylation is 1. The number of nitro groups is 1. The average molecular weight is 685 g/mol. The summed E-state index contributed by atoms with van der Waals surface area (Å²) in [6.45, 7) is 3.57. The molecule has 0 atom stereocenters. The fraction of sp³-hybridized carbons (Fsp3) is 0.216. The molecule has 0 aliphatic carbocycles. The maximum absolute atomic E-state index is 13.5. The lowest BCUT2D eigenvalue weighted by atomic mass is 10.1. The van der Waals surface area contributed by atoms with Crippen LogP contribution in [0, 0.1) is 17.0 Å². The fourth-order valence-corrected chi connectivity index (χ4v) is 5.87. The number of nitro benzene ring substituents is 1. The van der Waals surface area contributed by atoms with E-state index in [9.17, 15) is 23.3 Å². The minimum absolute atomic E-state index is 0.0222. The summed E-state index contributed by atoms with van der Waals surface area (Å²) in [6, 6.07) is 27.8. The summed E-state index contributed by atoms with van der Waals surface area (Å²) in [7, 11) is -3.81. The second-order valence-corrected chi connectivity index (χ2v) is 12.6. The number of allylic oxidation sites excluding steroid dienone is 2. The molecule has 11 nitrogen and oxygen atoms in total. The van der Waals surface area contributed by atoms with Crippen LogP contribution in [0.1, 0.15) is 22.3 Å². The first-order valence-electron chi connectivity index (χ1n) is 15.6. The Morgan fingerprint density at radius 3 is 2.14 bits per heavy atom. The molecule has 0 N–H and O–H groups in total. The Kier molecular flexibility index (Phi) is 12.1. The molecular formula is C37H36N2O9S. The Balaban J connectivity index is 1.02. The Morgan fingerprint density at radius 1 is 0.796 bits per heavy atom. The number of carbonyl (C=O) groups excluding carboxylic acids is 1. The van der Waals surface area contributed by atoms with Gasteiger partial charge in [-0.05, 0) is 66.6 Å². The molecule has 0 unspecified atom stereocenters. The Morgan fingerprint density at radius 2 is 1.45 bits per heavy atom. The third kappa shape index (κ3) is 9.71. The molecule has 254 valence electrons. The summed E-state index contributed by atoms with van der Waals surface area (Å²) in [5, 5.41) is 10.9. The van der Waals surface area contributed by atoms with Crippen LogP contribution >= 0.6 is 0 Å². The van der Waals surface area contributed by atoms with E-state index < -0.39 is 15.0 Å². The predicted octanol–water partition coefficient (Wildman–Crippen LogP) is 6.36. The molecule has 1 aliphatic heterocycles. The third-order valence-corrected chi connectivity index (χ3v) is 8.85. The molecular weight excluding hydrogens is 648 g/mol. The van der Waals surface area contributed by atoms with Gasteiger partial charge in [-0.3, -0.25) is 19.1 Å². The minimum Gasteiger partial charge on any atom is -0.491 e. The van der Waals surface area contributed by atoms with Gasteiger partial charge >= 0.3 is 0 Å². The van der Waals surface area contributed by atoms with Gasteiger partial charge in [-0.15, -0.1) is 0 Å². The molecule has 1 amide bonds. The molecule has 1 aliphatic rings. The second kappa shape index (κ2) is 16.8. The van der Waals surface area contributed by atoms with Crippen LogP contribution in [0.25, 0.3) is 11.6 Å². The maximum Gasteiger partial charge on any atom is 0.297 e. The molecule has 5 rings (SSSR count). The SMILES string of the molecule is Cc1ccc(S(=O)(=O)OCCOCCOCCOc2ccc(CN3C(=O)/C(=C\C=C\c4ccc([N+](=O)[O-])cc4)c4ccccc43)cc2)cc1. The van der Waals surface area contributed by atoms with Crippen molar-refractivity contribution in [3.63, 3.8) is 0 Å². The molecule has 0 aromatic heterocycles. The van der Waals surface area contributed by atoms with Crippen molar-refractivity contribution in [2.45, 2.75) is 18.4 Å². The molecule has 0 saturated heterocycles. The van der Waals surface area contributed by atoms with Crippen molar-refractivity contribution in [2.24, 2.45) is 0 Å². The number of para-hydroxylation sites is 1. The van der Waals surface area contributed by atoms with E-state index in [4.69, 9.17) is 18.4 Å². The number of hydrogen-bond donors (Lipinski definition) is 0. The lowest BCUT2D eigenvalue weighted by Gasteiger charge is -2.17. The maximum atomic E-state index is 13.5. The van der Waals surface area contributed by atoms with E-state index in [0.717, 1.165) is 27.9 Å². The van der Waals surface area contributed by atoms with Crippen LogP contribution in [-0.4, -0.2) is 58.9 Å². The highest BCUT2D eigenvalue weighted by Gasteiger charge is 2.31. The van der Waals surface area contributed by atoms with Crippen LogP contribution in [0.4, 0.5) is 11.4 Å². The van der Waals surface area contributed by atoms with E-state index in [1.54, 1.807) is 47.4 Å². The third-order valence-electron chi connectivity index (χ3n) is 7.52. The highest BCUT2D eigenvalue weighted by Crippen LogP contribution is 2.37. The largest absolute Gasteiger partial charge is 0.491 e. The van der Waals surface area contributed by atoms with Gasteiger partial charge in [0.2, 0.25) is 0 Å². The van der Waals surface area contributed by atoms with Crippen molar-refractivity contribution in [1.29, 1.82) is 0 Å². The number of ether oxygens (including phenoxy) is 3. The summed E-state index contributed by atoms with van der Waals surface area (Å²) >= 11 is 0. The highest BCUT2D eigenvalue weighted by atomic mass is 32.2. The number of nitrogens with zero attached hydrogens (tertiary/aromatic N) is 2. The average Bonchev–Trinajstić information content (AvgIpc) is 3.36. The standard InChI is InChI=1S/C37H36N2O9S/c1-28-9-19-33(20-10-28)49(43,44)48-26-24-46-22-21-45-23-25-47-32-17-13-30(14-18-32)27-38-36-8-3-2-6-34(36)35(37(38)40)7-4-5-29-11-15-31(16-12-29)39(41)42/h2-20H,21-27H2,1H3/b5-4+,35-7-. The zero-order valence-electron chi connectivity index (χ0n) is 26.9. The molecule has 0 radical (unpaired) electrons. The number of benzene rings is 4. The summed E-state index contributed by atoms with van der Waals surface area (Å²) in [5.41, 5.74) is 4.93. The van der Waals surface area contributed by atoms with Crippen LogP contribution < -0.4 is 9.64 Å². The number of anilines is 1. The number of carbonyl (C=O) groups is 1. The van der Waals surface area contributed by atoms with Gasteiger partial charge in [-0.25, -0.2) is 0 Å². The number of rotatable bonds is 17. The fourth-order valence-electron chi connectivity index (χ4n) is 4.98. The van der Waals surface area contributed by atoms with Gasteiger partial charge in [0.05, 0.1) is 55.1 Å². The lowest BCUT2D eigenvalue weighted by Crippen LogP contribution is -2.25. The Labute approximate surface area is 285 Å². The summed E-state index contributed by atoms with van der Waals surface area (Å²) < 4.78 is 46.0. The van der Waals surface area contributed by atoms with Gasteiger partial charge in [-0.2, -0.15) is 8.42 Å². The zero-order chi connectivity index (χ0) is 34.6. The molecule has 49 heavy (non-hydrogen) atoms. The van der Waals surface area contributed by atoms with Gasteiger partial charge in [0.1, 0.15) is 12.4 Å². The van der Waals surface area contributed by atoms with Crippen molar-refractivity contribution in [1.82, 2.24) is 0 Å². The summed E-state index contributed by atoms with van der Waals surface area (Å²) in [4.78, 5) is 25.8. The minimum atomic E-state index is -3.81. The normalized spacial score (nSPS) is 13.7. The number of amides is 1. The summed E-state index contributed by atoms with van der Waals surface area (Å²) in [5.74, 6) is 0.552. The van der Waals surface area contributed by atoms with E-state index in [-0.39, 0.29) is 36.3 Å². The number of fused-ring (bicyclic) bond motifs is 1. The molecule has 4 aromatic carbocycles. The van der Waals surface area contributed by atoms with Gasteiger partial charge in [0.15, 0.2) is 0 Å². The van der Waals surface area contributed by atoms with Crippen molar-refractivity contribution in [3.05, 3.63) is 142 Å². The van der Waals surface area contributed by atoms with E-state index in [1.165, 1.54) is 24.3 Å². The van der Waals surface area contributed by atoms with Crippen molar-refractivity contribution < 1.29 is 36.5 Å². The summed E-state index contributed by atoms with van der Waals surface area (Å²) in [6.07, 6.45) is 5.34. The Hall–Kier alpha value is -5.14. The highest BCUT2D eigenvalue weighted by molar-refractivity contribution is 7.86. The van der Waals surface area contributed by atoms with Crippen molar-refractivity contribution in [2.75, 3.05) is 44.5 Å². The van der Waals surface area contributed by atoms with Gasteiger partial charge < -0.3 is 19.1 Å². The van der Waals surface area contributed by atoms with E-state index >= 15 is 0 Å². The predicted molar refractivity (Wildman–Crippen MR) is 186 cm³/mol. The van der Waals surface area contributed by atoms with Gasteiger partial charge in [0, 0.05) is 23.3 Å². The molecule has 12 heteroatoms. The molecule has 1 heterocycles. The zero-order valence-corrected chi connectivity index (χ0v) is 27.7. The van der Waals surface area contributed by atoms with Crippen molar-refractivity contribution in [3.8, 4) is 5.75 Å². The molecule has 0 fully saturated rings. The topological polar surface area (TPSA) is 135 Å². The van der Waals surface area contributed by atoms with Gasteiger partial charge in [-0.1, -0.05) is 60.2 Å². The van der Waals surface area contributed by atoms with E-state index in [0.29, 0.717) is 37.7 Å². The first kappa shape index (κ1) is 35.2. The van der Waals surface area contributed by atoms with Crippen LogP contribution in [-0.2, 0) is 35.1 Å². The number of non-ortho nitro benzene ring substituents is 1. The van der Waals surface area contributed by atoms with Crippen LogP contribution in [0.2, 0.25) is 0 Å². The van der Waals surface area contributed by atoms with Crippen molar-refractivity contribution >= 4 is 39.0 Å². The first-order valence-corrected chi connectivity index (χ1v) is 17.0. The Bertz CT molecular complexity index is 1900. The van der Waals surface area contributed by atoms with Crippen LogP contribution in [0.5, 0.6) is 5.75 Å². The monoisotopic (exact) mass is 684 g/mol. The number of hydrogen-bond acceptors (Lipinski definition) is 9. The van der Waals surface area contributed by atoms with E-state index in [1.807, 2.05) is 55.5 Å². The smallest absolute Gasteiger partial charge is 0.297 e. The van der Waals surface area contributed by atoms with Crippen LogP contribution in [0.3, 0.4) is 0 Å². The first-order chi connectivity index (χ1) is 23.7. The molecule has 0 spiro atoms. The molecule has 0 bridgehead atoms. The van der Waals surface area contributed by atoms with Crippen LogP contribution in [0.15, 0.2) is 114 Å².